The zero-order valence-electron chi connectivity index (χ0n) is 10.4. The zero-order valence-corrected chi connectivity index (χ0v) is 10.4. The van der Waals surface area contributed by atoms with E-state index in [2.05, 4.69) is 38.1 Å². The van der Waals surface area contributed by atoms with Gasteiger partial charge in [-0.2, -0.15) is 0 Å². The normalized spacial score (nSPS) is 30.3. The molecular weight excluding hydrogens is 196 g/mol. The lowest BCUT2D eigenvalue weighted by Crippen LogP contribution is -2.31. The third kappa shape index (κ3) is 2.30. The van der Waals surface area contributed by atoms with Gasteiger partial charge in [0.25, 0.3) is 0 Å². The number of hydrogen-bond donors (Lipinski definition) is 1. The van der Waals surface area contributed by atoms with Crippen molar-refractivity contribution < 1.29 is 5.11 Å². The van der Waals surface area contributed by atoms with Gasteiger partial charge in [-0.3, -0.25) is 0 Å². The van der Waals surface area contributed by atoms with Crippen LogP contribution in [0, 0.1) is 5.92 Å². The molecule has 88 valence electrons. The lowest BCUT2D eigenvalue weighted by molar-refractivity contribution is -0.0178. The quantitative estimate of drug-likeness (QED) is 0.803. The molecule has 0 aliphatic heterocycles. The van der Waals surface area contributed by atoms with Gasteiger partial charge in [0.05, 0.1) is 5.60 Å². The van der Waals surface area contributed by atoms with E-state index in [-0.39, 0.29) is 0 Å². The molecule has 1 aliphatic rings. The van der Waals surface area contributed by atoms with Crippen LogP contribution < -0.4 is 0 Å². The maximum absolute atomic E-state index is 10.7. The summed E-state index contributed by atoms with van der Waals surface area (Å²) in [6.45, 7) is 4.40. The van der Waals surface area contributed by atoms with Crippen LogP contribution in [-0.4, -0.2) is 5.11 Å². The summed E-state index contributed by atoms with van der Waals surface area (Å²) in [6.07, 6.45) is 5.30. The number of aryl methyl sites for hydroxylation is 1. The highest BCUT2D eigenvalue weighted by molar-refractivity contribution is 5.27. The van der Waals surface area contributed by atoms with Crippen molar-refractivity contribution >= 4 is 0 Å². The summed E-state index contributed by atoms with van der Waals surface area (Å²) >= 11 is 0. The molecule has 1 heteroatoms. The fourth-order valence-electron chi connectivity index (χ4n) is 2.84. The molecule has 0 spiro atoms. The van der Waals surface area contributed by atoms with Crippen molar-refractivity contribution in [1.29, 1.82) is 0 Å². The molecular formula is C15H22O. The summed E-state index contributed by atoms with van der Waals surface area (Å²) in [5, 5.41) is 10.7. The van der Waals surface area contributed by atoms with Gasteiger partial charge in [0.1, 0.15) is 0 Å². The molecule has 2 atom stereocenters. The van der Waals surface area contributed by atoms with Crippen molar-refractivity contribution in [3.8, 4) is 0 Å². The van der Waals surface area contributed by atoms with Crippen LogP contribution in [0.5, 0.6) is 0 Å². The molecule has 1 aliphatic carbocycles. The monoisotopic (exact) mass is 218 g/mol. The average Bonchev–Trinajstić information content (AvgIpc) is 2.29. The maximum Gasteiger partial charge on any atom is 0.0899 e. The van der Waals surface area contributed by atoms with Crippen molar-refractivity contribution in [2.45, 2.75) is 51.6 Å². The first kappa shape index (κ1) is 11.7. The van der Waals surface area contributed by atoms with Gasteiger partial charge in [-0.05, 0) is 42.7 Å². The van der Waals surface area contributed by atoms with Gasteiger partial charge >= 0.3 is 0 Å². The molecule has 16 heavy (non-hydrogen) atoms. The highest BCUT2D eigenvalue weighted by Gasteiger charge is 2.33. The summed E-state index contributed by atoms with van der Waals surface area (Å²) in [4.78, 5) is 0. The van der Waals surface area contributed by atoms with Gasteiger partial charge in [0.2, 0.25) is 0 Å². The van der Waals surface area contributed by atoms with Crippen molar-refractivity contribution in [2.24, 2.45) is 5.92 Å². The molecule has 0 bridgehead atoms. The van der Waals surface area contributed by atoms with Crippen LogP contribution in [0.25, 0.3) is 0 Å². The van der Waals surface area contributed by atoms with Crippen molar-refractivity contribution in [3.05, 3.63) is 35.4 Å². The predicted molar refractivity (Wildman–Crippen MR) is 67.3 cm³/mol. The molecule has 1 nitrogen and oxygen atoms in total. The van der Waals surface area contributed by atoms with Crippen LogP contribution in [0.4, 0.5) is 0 Å². The van der Waals surface area contributed by atoms with Crippen molar-refractivity contribution in [2.75, 3.05) is 0 Å². The minimum absolute atomic E-state index is 0.566. The third-order valence-electron chi connectivity index (χ3n) is 3.87. The van der Waals surface area contributed by atoms with Gasteiger partial charge < -0.3 is 5.11 Å². The molecule has 1 saturated carbocycles. The average molecular weight is 218 g/mol. The van der Waals surface area contributed by atoms with E-state index in [4.69, 9.17) is 0 Å². The van der Waals surface area contributed by atoms with Crippen LogP contribution in [0.15, 0.2) is 24.3 Å². The molecule has 0 unspecified atom stereocenters. The Hall–Kier alpha value is -0.820. The van der Waals surface area contributed by atoms with E-state index in [0.717, 1.165) is 31.2 Å². The molecule has 1 N–H and O–H groups in total. The number of hydrogen-bond acceptors (Lipinski definition) is 1. The third-order valence-corrected chi connectivity index (χ3v) is 3.87. The van der Waals surface area contributed by atoms with Gasteiger partial charge in [-0.25, -0.2) is 0 Å². The first-order chi connectivity index (χ1) is 7.64. The standard InChI is InChI=1S/C15H22O/c1-3-13-6-8-14(9-7-13)15(16)10-4-5-12(2)11-15/h6-9,12,16H,3-5,10-11H2,1-2H3/t12-,15+/m1/s1. The topological polar surface area (TPSA) is 20.2 Å². The van der Waals surface area contributed by atoms with E-state index in [1.165, 1.54) is 12.0 Å². The number of aliphatic hydroxyl groups is 1. The van der Waals surface area contributed by atoms with Crippen LogP contribution in [-0.2, 0) is 12.0 Å². The smallest absolute Gasteiger partial charge is 0.0899 e. The van der Waals surface area contributed by atoms with Crippen molar-refractivity contribution in [1.82, 2.24) is 0 Å². The Morgan fingerprint density at radius 3 is 2.56 bits per heavy atom. The second-order valence-corrected chi connectivity index (χ2v) is 5.28. The molecule has 0 amide bonds. The van der Waals surface area contributed by atoms with E-state index in [1.807, 2.05) is 0 Å². The zero-order chi connectivity index (χ0) is 11.6. The molecule has 1 aromatic carbocycles. The lowest BCUT2D eigenvalue weighted by Gasteiger charge is -2.36. The van der Waals surface area contributed by atoms with Gasteiger partial charge in [0.15, 0.2) is 0 Å². The molecule has 0 heterocycles. The first-order valence-corrected chi connectivity index (χ1v) is 6.46. The van der Waals surface area contributed by atoms with Gasteiger partial charge in [0, 0.05) is 0 Å². The van der Waals surface area contributed by atoms with E-state index >= 15 is 0 Å². The van der Waals surface area contributed by atoms with Crippen LogP contribution in [0.2, 0.25) is 0 Å². The van der Waals surface area contributed by atoms with E-state index in [0.29, 0.717) is 5.92 Å². The highest BCUT2D eigenvalue weighted by Crippen LogP contribution is 2.39. The van der Waals surface area contributed by atoms with Gasteiger partial charge in [-0.1, -0.05) is 44.5 Å². The van der Waals surface area contributed by atoms with Gasteiger partial charge in [-0.15, -0.1) is 0 Å². The highest BCUT2D eigenvalue weighted by atomic mass is 16.3. The molecule has 1 fully saturated rings. The van der Waals surface area contributed by atoms with E-state index in [1.54, 1.807) is 0 Å². The Bertz CT molecular complexity index is 341. The van der Waals surface area contributed by atoms with Crippen molar-refractivity contribution in [3.63, 3.8) is 0 Å². The molecule has 0 aromatic heterocycles. The Labute approximate surface area is 98.5 Å². The summed E-state index contributed by atoms with van der Waals surface area (Å²) in [5.41, 5.74) is 1.89. The Kier molecular flexibility index (Phi) is 3.34. The fourth-order valence-corrected chi connectivity index (χ4v) is 2.84. The van der Waals surface area contributed by atoms with Crippen LogP contribution in [0.1, 0.15) is 50.7 Å². The SMILES string of the molecule is CCc1ccc([C@]2(O)CCC[C@@H](C)C2)cc1. The minimum Gasteiger partial charge on any atom is -0.385 e. The van der Waals surface area contributed by atoms with E-state index < -0.39 is 5.60 Å². The lowest BCUT2D eigenvalue weighted by atomic mass is 9.75. The Morgan fingerprint density at radius 2 is 2.00 bits per heavy atom. The Morgan fingerprint density at radius 1 is 1.31 bits per heavy atom. The maximum atomic E-state index is 10.7. The predicted octanol–water partition coefficient (Wildman–Crippen LogP) is 3.65. The second kappa shape index (κ2) is 4.58. The molecule has 0 saturated heterocycles. The summed E-state index contributed by atoms with van der Waals surface area (Å²) < 4.78 is 0. The molecule has 2 rings (SSSR count). The fraction of sp³-hybridized carbons (Fsp3) is 0.600. The van der Waals surface area contributed by atoms with E-state index in [9.17, 15) is 5.11 Å². The molecule has 0 radical (unpaired) electrons. The summed E-state index contributed by atoms with van der Waals surface area (Å²) in [6, 6.07) is 8.51. The number of rotatable bonds is 2. The van der Waals surface area contributed by atoms with Crippen LogP contribution >= 0.6 is 0 Å². The largest absolute Gasteiger partial charge is 0.385 e. The molecule has 1 aromatic rings. The first-order valence-electron chi connectivity index (χ1n) is 6.46. The summed E-state index contributed by atoms with van der Waals surface area (Å²) in [5.74, 6) is 0.643. The summed E-state index contributed by atoms with van der Waals surface area (Å²) in [7, 11) is 0. The Balaban J connectivity index is 2.20. The minimum atomic E-state index is -0.566. The number of benzene rings is 1. The van der Waals surface area contributed by atoms with Crippen LogP contribution in [0.3, 0.4) is 0 Å². The second-order valence-electron chi connectivity index (χ2n) is 5.28.